The van der Waals surface area contributed by atoms with E-state index < -0.39 is 0 Å². The highest BCUT2D eigenvalue weighted by atomic mass is 32.2. The van der Waals surface area contributed by atoms with Gasteiger partial charge in [-0.25, -0.2) is 0 Å². The van der Waals surface area contributed by atoms with Crippen LogP contribution in [0, 0.1) is 0 Å². The molecule has 1 fully saturated rings. The van der Waals surface area contributed by atoms with E-state index in [1.807, 2.05) is 18.7 Å². The molecule has 0 atom stereocenters. The number of rotatable bonds is 3. The molecule has 3 heteroatoms. The normalized spacial score (nSPS) is 32.6. The second kappa shape index (κ2) is 5.06. The Hall–Kier alpha value is -0.180. The molecule has 1 saturated carbocycles. The topological polar surface area (TPSA) is 26.3 Å². The molecule has 0 heterocycles. The molecule has 14 heavy (non-hydrogen) atoms. The molecular formula is C11H20O2S. The minimum Gasteiger partial charge on any atom is -0.462 e. The lowest BCUT2D eigenvalue weighted by Gasteiger charge is -2.35. The van der Waals surface area contributed by atoms with Crippen LogP contribution in [0.25, 0.3) is 0 Å². The molecule has 0 aromatic carbocycles. The lowest BCUT2D eigenvalue weighted by Crippen LogP contribution is -2.32. The van der Waals surface area contributed by atoms with Crippen molar-refractivity contribution in [2.75, 3.05) is 6.26 Å². The van der Waals surface area contributed by atoms with Crippen LogP contribution >= 0.6 is 11.8 Å². The Morgan fingerprint density at radius 3 is 2.50 bits per heavy atom. The summed E-state index contributed by atoms with van der Waals surface area (Å²) < 4.78 is 5.74. The smallest absolute Gasteiger partial charge is 0.305 e. The molecule has 0 N–H and O–H groups in total. The number of hydrogen-bond donors (Lipinski definition) is 0. The van der Waals surface area contributed by atoms with Gasteiger partial charge in [0.15, 0.2) is 0 Å². The molecule has 1 rings (SSSR count). The maximum atomic E-state index is 11.1. The predicted octanol–water partition coefficient (Wildman–Crippen LogP) is 3.00. The summed E-state index contributed by atoms with van der Waals surface area (Å²) in [6, 6.07) is 0. The summed E-state index contributed by atoms with van der Waals surface area (Å²) in [7, 11) is 0. The zero-order valence-electron chi connectivity index (χ0n) is 9.34. The molecule has 0 aromatic rings. The third-order valence-electron chi connectivity index (χ3n) is 3.07. The van der Waals surface area contributed by atoms with Gasteiger partial charge in [0.1, 0.15) is 6.10 Å². The van der Waals surface area contributed by atoms with E-state index in [0.717, 1.165) is 25.7 Å². The van der Waals surface area contributed by atoms with E-state index in [0.29, 0.717) is 11.2 Å². The largest absolute Gasteiger partial charge is 0.462 e. The highest BCUT2D eigenvalue weighted by molar-refractivity contribution is 7.99. The van der Waals surface area contributed by atoms with Crippen molar-refractivity contribution in [3.05, 3.63) is 0 Å². The first kappa shape index (κ1) is 11.9. The average Bonchev–Trinajstić information content (AvgIpc) is 2.21. The van der Waals surface area contributed by atoms with Crippen molar-refractivity contribution in [1.82, 2.24) is 0 Å². The van der Waals surface area contributed by atoms with Crippen LogP contribution in [0.5, 0.6) is 0 Å². The Balaban J connectivity index is 2.32. The summed E-state index contributed by atoms with van der Waals surface area (Å²) in [5.41, 5.74) is 0. The lowest BCUT2D eigenvalue weighted by molar-refractivity contribution is -0.150. The summed E-state index contributed by atoms with van der Waals surface area (Å²) in [5.74, 6) is -0.0530. The van der Waals surface area contributed by atoms with Gasteiger partial charge in [0.2, 0.25) is 0 Å². The van der Waals surface area contributed by atoms with Gasteiger partial charge in [0.05, 0.1) is 0 Å². The molecule has 1 aliphatic rings. The van der Waals surface area contributed by atoms with E-state index in [2.05, 4.69) is 13.2 Å². The third kappa shape index (κ3) is 3.19. The van der Waals surface area contributed by atoms with Gasteiger partial charge < -0.3 is 4.74 Å². The van der Waals surface area contributed by atoms with Gasteiger partial charge >= 0.3 is 5.97 Å². The minimum atomic E-state index is -0.0530. The van der Waals surface area contributed by atoms with E-state index in [1.165, 1.54) is 0 Å². The van der Waals surface area contributed by atoms with Crippen molar-refractivity contribution in [2.24, 2.45) is 0 Å². The molecule has 82 valence electrons. The van der Waals surface area contributed by atoms with Crippen molar-refractivity contribution < 1.29 is 9.53 Å². The number of thioether (sulfide) groups is 1. The Morgan fingerprint density at radius 2 is 2.07 bits per heavy atom. The van der Waals surface area contributed by atoms with E-state index in [-0.39, 0.29) is 12.1 Å². The fraction of sp³-hybridized carbons (Fsp3) is 0.909. The molecule has 0 radical (unpaired) electrons. The van der Waals surface area contributed by atoms with Crippen molar-refractivity contribution in [3.8, 4) is 0 Å². The van der Waals surface area contributed by atoms with Gasteiger partial charge in [-0.2, -0.15) is 11.8 Å². The molecule has 0 bridgehead atoms. The zero-order chi connectivity index (χ0) is 10.6. The second-order valence-electron chi connectivity index (χ2n) is 4.20. The van der Waals surface area contributed by atoms with Gasteiger partial charge in [0.25, 0.3) is 0 Å². The Kier molecular flexibility index (Phi) is 4.30. The molecule has 0 aliphatic heterocycles. The van der Waals surface area contributed by atoms with Gasteiger partial charge in [-0.15, -0.1) is 0 Å². The number of esters is 1. The number of hydrogen-bond acceptors (Lipinski definition) is 3. The van der Waals surface area contributed by atoms with Crippen LogP contribution in [0.1, 0.15) is 46.0 Å². The quantitative estimate of drug-likeness (QED) is 0.678. The predicted molar refractivity (Wildman–Crippen MR) is 60.6 cm³/mol. The molecule has 2 nitrogen and oxygen atoms in total. The summed E-state index contributed by atoms with van der Waals surface area (Å²) in [4.78, 5) is 11.1. The lowest BCUT2D eigenvalue weighted by atomic mass is 9.88. The van der Waals surface area contributed by atoms with Crippen LogP contribution in [0.4, 0.5) is 0 Å². The van der Waals surface area contributed by atoms with Crippen molar-refractivity contribution in [2.45, 2.75) is 56.8 Å². The molecular weight excluding hydrogens is 196 g/mol. The zero-order valence-corrected chi connectivity index (χ0v) is 10.2. The maximum absolute atomic E-state index is 11.1. The summed E-state index contributed by atoms with van der Waals surface area (Å²) in [5, 5.41) is 0. The van der Waals surface area contributed by atoms with Crippen molar-refractivity contribution >= 4 is 17.7 Å². The van der Waals surface area contributed by atoms with E-state index in [4.69, 9.17) is 4.74 Å². The Morgan fingerprint density at radius 1 is 1.50 bits per heavy atom. The number of carbonyl (C=O) groups is 1. The molecule has 0 aromatic heterocycles. The van der Waals surface area contributed by atoms with Crippen molar-refractivity contribution in [1.29, 1.82) is 0 Å². The van der Waals surface area contributed by atoms with Gasteiger partial charge in [-0.1, -0.05) is 13.8 Å². The van der Waals surface area contributed by atoms with Crippen LogP contribution in [0.15, 0.2) is 0 Å². The van der Waals surface area contributed by atoms with E-state index in [1.54, 1.807) is 0 Å². The molecule has 0 saturated heterocycles. The summed E-state index contributed by atoms with van der Waals surface area (Å²) in [6.45, 7) is 4.15. The van der Waals surface area contributed by atoms with Crippen LogP contribution in [0.3, 0.4) is 0 Å². The average molecular weight is 216 g/mol. The fourth-order valence-corrected chi connectivity index (χ4v) is 2.44. The van der Waals surface area contributed by atoms with Crippen LogP contribution in [-0.2, 0) is 9.53 Å². The fourth-order valence-electron chi connectivity index (χ4n) is 1.79. The van der Waals surface area contributed by atoms with Crippen LogP contribution in [0.2, 0.25) is 0 Å². The first-order valence-electron chi connectivity index (χ1n) is 5.34. The third-order valence-corrected chi connectivity index (χ3v) is 4.46. The minimum absolute atomic E-state index is 0.0530. The molecule has 0 unspecified atom stereocenters. The molecule has 0 spiro atoms. The molecule has 0 amide bonds. The van der Waals surface area contributed by atoms with Gasteiger partial charge in [-0.05, 0) is 31.9 Å². The van der Waals surface area contributed by atoms with Crippen LogP contribution in [-0.4, -0.2) is 23.1 Å². The Bertz CT molecular complexity index is 195. The number of carbonyl (C=O) groups excluding carboxylic acids is 1. The first-order chi connectivity index (χ1) is 6.59. The van der Waals surface area contributed by atoms with Gasteiger partial charge in [-0.3, -0.25) is 4.79 Å². The summed E-state index contributed by atoms with van der Waals surface area (Å²) >= 11 is 1.93. The standard InChI is InChI=1S/C11H20O2S/c1-4-10(12)13-9-5-7-11(2,14-3)8-6-9/h9H,4-8H2,1-3H3. The van der Waals surface area contributed by atoms with Crippen LogP contribution < -0.4 is 0 Å². The van der Waals surface area contributed by atoms with Gasteiger partial charge in [0, 0.05) is 11.2 Å². The highest BCUT2D eigenvalue weighted by Gasteiger charge is 2.31. The first-order valence-corrected chi connectivity index (χ1v) is 6.57. The SMILES string of the molecule is CCC(=O)OC1CCC(C)(SC)CC1. The molecule has 1 aliphatic carbocycles. The van der Waals surface area contributed by atoms with Crippen molar-refractivity contribution in [3.63, 3.8) is 0 Å². The highest BCUT2D eigenvalue weighted by Crippen LogP contribution is 2.38. The maximum Gasteiger partial charge on any atom is 0.305 e. The monoisotopic (exact) mass is 216 g/mol. The summed E-state index contributed by atoms with van der Waals surface area (Å²) in [6.07, 6.45) is 7.23. The number of ether oxygens (including phenoxy) is 1. The Labute approximate surface area is 90.8 Å². The second-order valence-corrected chi connectivity index (χ2v) is 5.59. The van der Waals surface area contributed by atoms with E-state index >= 15 is 0 Å². The van der Waals surface area contributed by atoms with E-state index in [9.17, 15) is 4.79 Å².